The minimum atomic E-state index is -1.15. The number of nitrogens with one attached hydrogen (secondary N) is 1. The number of piperidine rings is 1. The molecule has 1 aromatic rings. The predicted molar refractivity (Wildman–Crippen MR) is 52.6 cm³/mol. The maximum Gasteiger partial charge on any atom is 0.200 e. The van der Waals surface area contributed by atoms with Crippen LogP contribution < -0.4 is 5.32 Å². The van der Waals surface area contributed by atoms with Crippen molar-refractivity contribution in [3.8, 4) is 5.75 Å². The molecule has 15 heavy (non-hydrogen) atoms. The molecule has 1 fully saturated rings. The monoisotopic (exact) mass is 213 g/mol. The molecule has 1 heterocycles. The van der Waals surface area contributed by atoms with E-state index in [0.717, 1.165) is 31.9 Å². The molecule has 4 heteroatoms. The highest BCUT2D eigenvalue weighted by molar-refractivity contribution is 5.37. The zero-order chi connectivity index (χ0) is 10.8. The third-order valence-corrected chi connectivity index (χ3v) is 2.79. The van der Waals surface area contributed by atoms with Gasteiger partial charge in [0.15, 0.2) is 11.6 Å². The number of phenolic OH excluding ortho intramolecular Hbond substituents is 1. The molecule has 0 bridgehead atoms. The largest absolute Gasteiger partial charge is 0.505 e. The van der Waals surface area contributed by atoms with Gasteiger partial charge in [-0.05, 0) is 25.5 Å². The third kappa shape index (κ3) is 1.95. The normalized spacial score (nSPS) is 21.6. The zero-order valence-electron chi connectivity index (χ0n) is 8.26. The Morgan fingerprint density at radius 2 is 2.07 bits per heavy atom. The molecule has 0 spiro atoms. The van der Waals surface area contributed by atoms with Crippen molar-refractivity contribution in [1.82, 2.24) is 5.32 Å². The zero-order valence-corrected chi connectivity index (χ0v) is 8.26. The third-order valence-electron chi connectivity index (χ3n) is 2.79. The minimum absolute atomic E-state index is 0.0613. The topological polar surface area (TPSA) is 32.3 Å². The van der Waals surface area contributed by atoms with E-state index in [-0.39, 0.29) is 6.04 Å². The van der Waals surface area contributed by atoms with Crippen molar-refractivity contribution >= 4 is 0 Å². The Morgan fingerprint density at radius 3 is 2.73 bits per heavy atom. The summed E-state index contributed by atoms with van der Waals surface area (Å²) in [6, 6.07) is 2.44. The molecule has 2 N–H and O–H groups in total. The molecule has 2 rings (SSSR count). The van der Waals surface area contributed by atoms with Gasteiger partial charge in [-0.15, -0.1) is 0 Å². The van der Waals surface area contributed by atoms with Gasteiger partial charge in [-0.25, -0.2) is 4.39 Å². The summed E-state index contributed by atoms with van der Waals surface area (Å²) < 4.78 is 25.9. The Bertz CT molecular complexity index is 362. The van der Waals surface area contributed by atoms with Crippen LogP contribution in [0.3, 0.4) is 0 Å². The van der Waals surface area contributed by atoms with E-state index >= 15 is 0 Å². The van der Waals surface area contributed by atoms with Gasteiger partial charge >= 0.3 is 0 Å². The number of phenols is 1. The van der Waals surface area contributed by atoms with Crippen LogP contribution in [0.2, 0.25) is 0 Å². The molecule has 0 aliphatic carbocycles. The van der Waals surface area contributed by atoms with Crippen molar-refractivity contribution in [1.29, 1.82) is 0 Å². The van der Waals surface area contributed by atoms with E-state index in [1.807, 2.05) is 0 Å². The molecule has 0 saturated carbocycles. The summed E-state index contributed by atoms with van der Waals surface area (Å²) in [4.78, 5) is 0. The van der Waals surface area contributed by atoms with Crippen molar-refractivity contribution in [2.75, 3.05) is 6.54 Å². The molecular weight excluding hydrogens is 200 g/mol. The molecule has 2 nitrogen and oxygen atoms in total. The van der Waals surface area contributed by atoms with E-state index in [4.69, 9.17) is 0 Å². The molecule has 1 atom stereocenters. The molecule has 0 unspecified atom stereocenters. The Labute approximate surface area is 86.9 Å². The summed E-state index contributed by atoms with van der Waals surface area (Å²) in [7, 11) is 0. The van der Waals surface area contributed by atoms with E-state index in [9.17, 15) is 13.9 Å². The lowest BCUT2D eigenvalue weighted by atomic mass is 9.96. The summed E-state index contributed by atoms with van der Waals surface area (Å²) in [5, 5.41) is 12.6. The van der Waals surface area contributed by atoms with Crippen LogP contribution in [0.4, 0.5) is 8.78 Å². The van der Waals surface area contributed by atoms with Gasteiger partial charge in [0.2, 0.25) is 5.82 Å². The Hall–Kier alpha value is -1.16. The number of hydrogen-bond acceptors (Lipinski definition) is 2. The van der Waals surface area contributed by atoms with Crippen molar-refractivity contribution in [3.05, 3.63) is 29.3 Å². The van der Waals surface area contributed by atoms with Crippen LogP contribution >= 0.6 is 0 Å². The van der Waals surface area contributed by atoms with Crippen LogP contribution in [0.5, 0.6) is 5.75 Å². The SMILES string of the molecule is Oc1c([C@@H]2CCCCN2)ccc(F)c1F. The van der Waals surface area contributed by atoms with E-state index < -0.39 is 17.4 Å². The Kier molecular flexibility index (Phi) is 2.86. The van der Waals surface area contributed by atoms with Crippen molar-refractivity contribution < 1.29 is 13.9 Å². The number of aromatic hydroxyl groups is 1. The maximum atomic E-state index is 13.1. The maximum absolute atomic E-state index is 13.1. The first-order chi connectivity index (χ1) is 7.20. The summed E-state index contributed by atoms with van der Waals surface area (Å²) in [6.07, 6.45) is 2.97. The predicted octanol–water partition coefficient (Wildman–Crippen LogP) is 2.49. The first-order valence-corrected chi connectivity index (χ1v) is 5.10. The number of benzene rings is 1. The fourth-order valence-corrected chi connectivity index (χ4v) is 1.95. The van der Waals surface area contributed by atoms with Gasteiger partial charge < -0.3 is 10.4 Å². The van der Waals surface area contributed by atoms with Gasteiger partial charge in [0, 0.05) is 11.6 Å². The lowest BCUT2D eigenvalue weighted by Crippen LogP contribution is -2.27. The average Bonchev–Trinajstić information content (AvgIpc) is 2.27. The highest BCUT2D eigenvalue weighted by Gasteiger charge is 2.21. The van der Waals surface area contributed by atoms with E-state index in [0.29, 0.717) is 5.56 Å². The summed E-state index contributed by atoms with van der Waals surface area (Å²) in [5.74, 6) is -2.72. The second-order valence-electron chi connectivity index (χ2n) is 3.80. The first-order valence-electron chi connectivity index (χ1n) is 5.10. The molecular formula is C11H13F2NO. The van der Waals surface area contributed by atoms with Crippen molar-refractivity contribution in [3.63, 3.8) is 0 Å². The summed E-state index contributed by atoms with van der Waals surface area (Å²) in [6.45, 7) is 0.850. The fourth-order valence-electron chi connectivity index (χ4n) is 1.95. The molecule has 0 radical (unpaired) electrons. The van der Waals surface area contributed by atoms with Gasteiger partial charge in [-0.1, -0.05) is 12.5 Å². The van der Waals surface area contributed by atoms with Gasteiger partial charge in [0.05, 0.1) is 0 Å². The molecule has 1 aromatic carbocycles. The average molecular weight is 213 g/mol. The van der Waals surface area contributed by atoms with Crippen molar-refractivity contribution in [2.24, 2.45) is 0 Å². The second-order valence-corrected chi connectivity index (χ2v) is 3.80. The minimum Gasteiger partial charge on any atom is -0.505 e. The Balaban J connectivity index is 2.31. The van der Waals surface area contributed by atoms with Gasteiger partial charge in [-0.2, -0.15) is 4.39 Å². The molecule has 1 aliphatic heterocycles. The number of hydrogen-bond donors (Lipinski definition) is 2. The van der Waals surface area contributed by atoms with E-state index in [2.05, 4.69) is 5.32 Å². The highest BCUT2D eigenvalue weighted by atomic mass is 19.2. The fraction of sp³-hybridized carbons (Fsp3) is 0.455. The molecule has 0 amide bonds. The first kappa shape index (κ1) is 10.4. The van der Waals surface area contributed by atoms with Crippen LogP contribution in [0.15, 0.2) is 12.1 Å². The lowest BCUT2D eigenvalue weighted by Gasteiger charge is -2.24. The second kappa shape index (κ2) is 4.14. The lowest BCUT2D eigenvalue weighted by molar-refractivity contribution is 0.367. The van der Waals surface area contributed by atoms with Gasteiger partial charge in [-0.3, -0.25) is 0 Å². The summed E-state index contributed by atoms with van der Waals surface area (Å²) >= 11 is 0. The number of rotatable bonds is 1. The molecule has 1 aliphatic rings. The molecule has 1 saturated heterocycles. The number of halogens is 2. The molecule has 0 aromatic heterocycles. The smallest absolute Gasteiger partial charge is 0.200 e. The van der Waals surface area contributed by atoms with Gasteiger partial charge in [0.25, 0.3) is 0 Å². The molecule has 82 valence electrons. The van der Waals surface area contributed by atoms with Crippen molar-refractivity contribution in [2.45, 2.75) is 25.3 Å². The van der Waals surface area contributed by atoms with Gasteiger partial charge in [0.1, 0.15) is 0 Å². The standard InChI is InChI=1S/C11H13F2NO/c12-8-5-4-7(11(15)10(8)13)9-3-1-2-6-14-9/h4-5,9,14-15H,1-3,6H2/t9-/m0/s1. The van der Waals surface area contributed by atoms with Crippen LogP contribution in [-0.2, 0) is 0 Å². The quantitative estimate of drug-likeness (QED) is 0.751. The highest BCUT2D eigenvalue weighted by Crippen LogP contribution is 2.32. The van der Waals surface area contributed by atoms with E-state index in [1.165, 1.54) is 6.07 Å². The van der Waals surface area contributed by atoms with Crippen LogP contribution in [0.25, 0.3) is 0 Å². The van der Waals surface area contributed by atoms with Crippen LogP contribution in [0, 0.1) is 11.6 Å². The van der Waals surface area contributed by atoms with Crippen LogP contribution in [-0.4, -0.2) is 11.7 Å². The summed E-state index contributed by atoms with van der Waals surface area (Å²) in [5.41, 5.74) is 0.452. The van der Waals surface area contributed by atoms with Crippen LogP contribution in [0.1, 0.15) is 30.9 Å². The Morgan fingerprint density at radius 1 is 1.27 bits per heavy atom. The van der Waals surface area contributed by atoms with E-state index in [1.54, 1.807) is 0 Å².